The summed E-state index contributed by atoms with van der Waals surface area (Å²) < 4.78 is 6.73. The third-order valence-electron chi connectivity index (χ3n) is 5.54. The third kappa shape index (κ3) is 4.52. The Bertz CT molecular complexity index is 1040. The lowest BCUT2D eigenvalue weighted by molar-refractivity contribution is -0.120. The van der Waals surface area contributed by atoms with E-state index in [4.69, 9.17) is 4.74 Å². The van der Waals surface area contributed by atoms with Gasteiger partial charge in [-0.05, 0) is 60.4 Å². The molecule has 4 aromatic carbocycles. The van der Waals surface area contributed by atoms with E-state index >= 15 is 0 Å². The summed E-state index contributed by atoms with van der Waals surface area (Å²) in [5.74, 6) is 0. The molecule has 1 heteroatoms. The lowest BCUT2D eigenvalue weighted by atomic mass is 9.90. The number of rotatable bonds is 6. The van der Waals surface area contributed by atoms with Gasteiger partial charge in [-0.3, -0.25) is 0 Å². The van der Waals surface area contributed by atoms with E-state index in [2.05, 4.69) is 113 Å². The molecule has 4 aromatic rings. The zero-order valence-corrected chi connectivity index (χ0v) is 17.9. The van der Waals surface area contributed by atoms with E-state index in [0.29, 0.717) is 0 Å². The van der Waals surface area contributed by atoms with Crippen molar-refractivity contribution in [2.75, 3.05) is 0 Å². The van der Waals surface area contributed by atoms with Gasteiger partial charge in [0, 0.05) is 12.8 Å². The molecule has 0 N–H and O–H groups in total. The van der Waals surface area contributed by atoms with Crippen molar-refractivity contribution in [3.05, 3.63) is 96.1 Å². The van der Waals surface area contributed by atoms with E-state index in [1.54, 1.807) is 0 Å². The molecule has 29 heavy (non-hydrogen) atoms. The van der Waals surface area contributed by atoms with Crippen LogP contribution < -0.4 is 0 Å². The van der Waals surface area contributed by atoms with Gasteiger partial charge in [-0.25, -0.2) is 0 Å². The second-order valence-electron chi connectivity index (χ2n) is 9.25. The molecule has 4 rings (SSSR count). The molecule has 0 aliphatic heterocycles. The van der Waals surface area contributed by atoms with Gasteiger partial charge in [0.15, 0.2) is 0 Å². The maximum atomic E-state index is 6.73. The van der Waals surface area contributed by atoms with E-state index in [1.165, 1.54) is 32.7 Å². The minimum absolute atomic E-state index is 0.266. The number of fused-ring (bicyclic) bond motifs is 2. The fraction of sp³-hybridized carbons (Fsp3) is 0.286. The molecule has 148 valence electrons. The predicted molar refractivity (Wildman–Crippen MR) is 125 cm³/mol. The quantitative estimate of drug-likeness (QED) is 0.339. The van der Waals surface area contributed by atoms with Crippen molar-refractivity contribution >= 4 is 21.5 Å². The first-order valence-electron chi connectivity index (χ1n) is 10.5. The third-order valence-corrected chi connectivity index (χ3v) is 5.54. The van der Waals surface area contributed by atoms with Crippen LogP contribution >= 0.6 is 0 Å². The van der Waals surface area contributed by atoms with Crippen LogP contribution in [0, 0.1) is 0 Å². The number of hydrogen-bond donors (Lipinski definition) is 0. The smallest absolute Gasteiger partial charge is 0.0674 e. The molecule has 0 fully saturated rings. The predicted octanol–water partition coefficient (Wildman–Crippen LogP) is 7.35. The van der Waals surface area contributed by atoms with Gasteiger partial charge >= 0.3 is 0 Å². The first-order valence-corrected chi connectivity index (χ1v) is 10.5. The average Bonchev–Trinajstić information content (AvgIpc) is 2.67. The summed E-state index contributed by atoms with van der Waals surface area (Å²) >= 11 is 0. The fourth-order valence-electron chi connectivity index (χ4n) is 4.63. The number of ether oxygens (including phenoxy) is 1. The molecule has 0 heterocycles. The SMILES string of the molecule is CC(C)(Cc1cccc2ccccc12)OC(C)(C)Cc1cccc2ccccc12. The summed E-state index contributed by atoms with van der Waals surface area (Å²) in [7, 11) is 0. The summed E-state index contributed by atoms with van der Waals surface area (Å²) in [6, 6.07) is 30.3. The minimum Gasteiger partial charge on any atom is -0.369 e. The first kappa shape index (κ1) is 19.7. The molecule has 0 aromatic heterocycles. The molecule has 0 aliphatic rings. The van der Waals surface area contributed by atoms with Crippen molar-refractivity contribution in [2.24, 2.45) is 0 Å². The molecule has 0 saturated heterocycles. The van der Waals surface area contributed by atoms with Crippen molar-refractivity contribution < 1.29 is 4.74 Å². The molecule has 1 nitrogen and oxygen atoms in total. The van der Waals surface area contributed by atoms with Crippen LogP contribution in [-0.4, -0.2) is 11.2 Å². The molecule has 0 unspecified atom stereocenters. The Hall–Kier alpha value is -2.64. The lowest BCUT2D eigenvalue weighted by Crippen LogP contribution is -2.40. The largest absolute Gasteiger partial charge is 0.369 e. The highest BCUT2D eigenvalue weighted by Crippen LogP contribution is 2.31. The first-order chi connectivity index (χ1) is 13.8. The van der Waals surface area contributed by atoms with Gasteiger partial charge in [0.25, 0.3) is 0 Å². The van der Waals surface area contributed by atoms with Crippen molar-refractivity contribution in [3.8, 4) is 0 Å². The van der Waals surface area contributed by atoms with Crippen molar-refractivity contribution in [3.63, 3.8) is 0 Å². The van der Waals surface area contributed by atoms with Crippen LogP contribution in [-0.2, 0) is 17.6 Å². The molecule has 0 aliphatic carbocycles. The molecule has 0 spiro atoms. The van der Waals surface area contributed by atoms with E-state index in [-0.39, 0.29) is 11.2 Å². The maximum Gasteiger partial charge on any atom is 0.0674 e. The van der Waals surface area contributed by atoms with E-state index in [0.717, 1.165) is 12.8 Å². The highest BCUT2D eigenvalue weighted by atomic mass is 16.5. The molecular formula is C28H30O. The zero-order chi connectivity index (χ0) is 20.5. The van der Waals surface area contributed by atoms with Crippen molar-refractivity contribution in [1.29, 1.82) is 0 Å². The summed E-state index contributed by atoms with van der Waals surface area (Å²) in [5.41, 5.74) is 2.15. The molecular weight excluding hydrogens is 352 g/mol. The topological polar surface area (TPSA) is 9.23 Å². The van der Waals surface area contributed by atoms with Crippen LogP contribution in [0.5, 0.6) is 0 Å². The van der Waals surface area contributed by atoms with Gasteiger partial charge in [-0.15, -0.1) is 0 Å². The maximum absolute atomic E-state index is 6.73. The Balaban J connectivity index is 1.56. The Morgan fingerprint density at radius 3 is 1.34 bits per heavy atom. The summed E-state index contributed by atoms with van der Waals surface area (Å²) in [5, 5.41) is 5.21. The van der Waals surface area contributed by atoms with Gasteiger partial charge < -0.3 is 4.74 Å². The molecule has 0 saturated carbocycles. The van der Waals surface area contributed by atoms with Crippen LogP contribution in [0.15, 0.2) is 84.9 Å². The van der Waals surface area contributed by atoms with Crippen molar-refractivity contribution in [2.45, 2.75) is 51.7 Å². The second kappa shape index (κ2) is 7.65. The Morgan fingerprint density at radius 1 is 0.517 bits per heavy atom. The summed E-state index contributed by atoms with van der Waals surface area (Å²) in [6.45, 7) is 8.83. The number of benzene rings is 4. The van der Waals surface area contributed by atoms with Crippen LogP contribution in [0.3, 0.4) is 0 Å². The summed E-state index contributed by atoms with van der Waals surface area (Å²) in [4.78, 5) is 0. The van der Waals surface area contributed by atoms with E-state index in [9.17, 15) is 0 Å². The van der Waals surface area contributed by atoms with Crippen molar-refractivity contribution in [1.82, 2.24) is 0 Å². The van der Waals surface area contributed by atoms with E-state index < -0.39 is 0 Å². The normalized spacial score (nSPS) is 12.6. The Kier molecular flexibility index (Phi) is 5.19. The molecule has 0 bridgehead atoms. The average molecular weight is 383 g/mol. The molecule has 0 amide bonds. The van der Waals surface area contributed by atoms with Gasteiger partial charge in [0.2, 0.25) is 0 Å². The van der Waals surface area contributed by atoms with Crippen LogP contribution in [0.1, 0.15) is 38.8 Å². The van der Waals surface area contributed by atoms with Gasteiger partial charge in [-0.1, -0.05) is 84.9 Å². The highest BCUT2D eigenvalue weighted by Gasteiger charge is 2.30. The highest BCUT2D eigenvalue weighted by molar-refractivity contribution is 5.86. The molecule has 0 atom stereocenters. The van der Waals surface area contributed by atoms with Crippen LogP contribution in [0.25, 0.3) is 21.5 Å². The Labute approximate surface area is 174 Å². The standard InChI is InChI=1S/C28H30O/c1-27(2,19-23-15-9-13-21-11-5-7-17-25(21)23)29-28(3,4)20-24-16-10-14-22-12-6-8-18-26(22)24/h5-18H,19-20H2,1-4H3. The minimum atomic E-state index is -0.266. The second-order valence-corrected chi connectivity index (χ2v) is 9.25. The van der Waals surface area contributed by atoms with Gasteiger partial charge in [0.05, 0.1) is 11.2 Å². The summed E-state index contributed by atoms with van der Waals surface area (Å²) in [6.07, 6.45) is 1.76. The van der Waals surface area contributed by atoms with Crippen LogP contribution in [0.2, 0.25) is 0 Å². The van der Waals surface area contributed by atoms with Crippen LogP contribution in [0.4, 0.5) is 0 Å². The molecule has 0 radical (unpaired) electrons. The lowest BCUT2D eigenvalue weighted by Gasteiger charge is -2.37. The fourth-order valence-corrected chi connectivity index (χ4v) is 4.63. The zero-order valence-electron chi connectivity index (χ0n) is 17.9. The van der Waals surface area contributed by atoms with E-state index in [1.807, 2.05) is 0 Å². The van der Waals surface area contributed by atoms with Gasteiger partial charge in [0.1, 0.15) is 0 Å². The number of hydrogen-bond acceptors (Lipinski definition) is 1. The monoisotopic (exact) mass is 382 g/mol. The van der Waals surface area contributed by atoms with Gasteiger partial charge in [-0.2, -0.15) is 0 Å². The Morgan fingerprint density at radius 2 is 0.897 bits per heavy atom.